The number of rotatable bonds is 9. The summed E-state index contributed by atoms with van der Waals surface area (Å²) in [4.78, 5) is 13.2. The Labute approximate surface area is 163 Å². The van der Waals surface area contributed by atoms with Gasteiger partial charge in [0.1, 0.15) is 12.3 Å². The monoisotopic (exact) mass is 395 g/mol. The zero-order valence-electron chi connectivity index (χ0n) is 16.3. The summed E-state index contributed by atoms with van der Waals surface area (Å²) < 4.78 is 39.2. The van der Waals surface area contributed by atoms with Gasteiger partial charge < -0.3 is 24.4 Å². The molecule has 0 aromatic heterocycles. The Kier molecular flexibility index (Phi) is 7.57. The average Bonchev–Trinajstić information content (AvgIpc) is 2.64. The lowest BCUT2D eigenvalue weighted by atomic mass is 10.1. The molecule has 1 unspecified atom stereocenters. The molecule has 0 saturated carbocycles. The van der Waals surface area contributed by atoms with Crippen molar-refractivity contribution in [3.8, 4) is 17.2 Å². The Bertz CT molecular complexity index is 798. The van der Waals surface area contributed by atoms with Crippen LogP contribution in [0.1, 0.15) is 11.1 Å². The Morgan fingerprint density at radius 1 is 1.11 bits per heavy atom. The molecule has 0 aliphatic heterocycles. The van der Waals surface area contributed by atoms with E-state index in [9.17, 15) is 13.6 Å². The van der Waals surface area contributed by atoms with E-state index in [1.54, 1.807) is 14.2 Å². The van der Waals surface area contributed by atoms with Crippen molar-refractivity contribution in [2.45, 2.75) is 20.1 Å². The number of ether oxygens (including phenoxy) is 3. The molecule has 152 valence electrons. The number of methoxy groups -OCH3 is 2. The highest BCUT2D eigenvalue weighted by Gasteiger charge is 2.15. The molecule has 2 aromatic rings. The third-order valence-corrected chi connectivity index (χ3v) is 4.16. The maximum atomic E-state index is 12.3. The molecule has 2 N–H and O–H groups in total. The molecule has 0 radical (unpaired) electrons. The fraction of sp³-hybridized carbons (Fsp3) is 0.350. The van der Waals surface area contributed by atoms with Crippen LogP contribution < -0.4 is 24.4 Å². The van der Waals surface area contributed by atoms with Crippen LogP contribution in [0.15, 0.2) is 36.4 Å². The highest BCUT2D eigenvalue weighted by Crippen LogP contribution is 2.29. The van der Waals surface area contributed by atoms with Gasteiger partial charge in [-0.25, -0.2) is 0 Å². The number of nitrogens with one attached hydrogen (secondary N) is 2. The lowest BCUT2D eigenvalue weighted by Gasteiger charge is -2.17. The first kappa shape index (κ1) is 21.4. The lowest BCUT2D eigenvalue weighted by molar-refractivity contribution is -0.885. The van der Waals surface area contributed by atoms with Crippen LogP contribution >= 0.6 is 0 Å². The van der Waals surface area contributed by atoms with Crippen molar-refractivity contribution < 1.29 is 32.7 Å². The molecule has 0 aliphatic rings. The maximum Gasteiger partial charge on any atom is 0.387 e. The molecule has 0 fully saturated rings. The van der Waals surface area contributed by atoms with Crippen molar-refractivity contribution in [3.63, 3.8) is 0 Å². The molecule has 0 spiro atoms. The predicted molar refractivity (Wildman–Crippen MR) is 101 cm³/mol. The topological polar surface area (TPSA) is 61.2 Å². The van der Waals surface area contributed by atoms with Crippen molar-refractivity contribution in [2.75, 3.05) is 33.1 Å². The van der Waals surface area contributed by atoms with Gasteiger partial charge in [-0.05, 0) is 48.9 Å². The molecule has 0 bridgehead atoms. The Hall–Kier alpha value is -2.87. The van der Waals surface area contributed by atoms with Crippen LogP contribution in [0, 0.1) is 6.92 Å². The fourth-order valence-corrected chi connectivity index (χ4v) is 2.80. The van der Waals surface area contributed by atoms with E-state index in [-0.39, 0.29) is 18.2 Å². The molecule has 0 saturated heterocycles. The van der Waals surface area contributed by atoms with Gasteiger partial charge in [0, 0.05) is 11.3 Å². The van der Waals surface area contributed by atoms with E-state index in [1.165, 1.54) is 24.3 Å². The number of alkyl halides is 2. The van der Waals surface area contributed by atoms with Crippen molar-refractivity contribution >= 4 is 11.6 Å². The second kappa shape index (κ2) is 9.89. The molecule has 0 heterocycles. The second-order valence-corrected chi connectivity index (χ2v) is 6.40. The van der Waals surface area contributed by atoms with E-state index in [0.29, 0.717) is 23.7 Å². The minimum Gasteiger partial charge on any atom is -0.493 e. The maximum absolute atomic E-state index is 12.3. The number of carbonyl (C=O) groups excluding carboxylic acids is 1. The van der Waals surface area contributed by atoms with Crippen LogP contribution in [0.3, 0.4) is 0 Å². The second-order valence-electron chi connectivity index (χ2n) is 6.40. The summed E-state index contributed by atoms with van der Waals surface area (Å²) in [5.74, 6) is 1.17. The smallest absolute Gasteiger partial charge is 0.387 e. The van der Waals surface area contributed by atoms with E-state index in [1.807, 2.05) is 26.1 Å². The van der Waals surface area contributed by atoms with E-state index in [4.69, 9.17) is 9.47 Å². The van der Waals surface area contributed by atoms with Gasteiger partial charge in [0.25, 0.3) is 5.91 Å². The van der Waals surface area contributed by atoms with Crippen LogP contribution in [0.4, 0.5) is 14.5 Å². The number of amides is 1. The van der Waals surface area contributed by atoms with Gasteiger partial charge in [-0.3, -0.25) is 4.79 Å². The van der Waals surface area contributed by atoms with E-state index < -0.39 is 6.61 Å². The third kappa shape index (κ3) is 6.09. The van der Waals surface area contributed by atoms with Gasteiger partial charge in [-0.2, -0.15) is 8.78 Å². The molecular formula is C20H25F2N2O4+. The summed E-state index contributed by atoms with van der Waals surface area (Å²) in [5, 5.41) is 2.75. The summed E-state index contributed by atoms with van der Waals surface area (Å²) in [7, 11) is 5.08. The van der Waals surface area contributed by atoms with Crippen molar-refractivity contribution in [2.24, 2.45) is 0 Å². The van der Waals surface area contributed by atoms with Crippen LogP contribution in [-0.2, 0) is 11.3 Å². The number of aryl methyl sites for hydroxylation is 1. The number of quaternary nitrogens is 1. The lowest BCUT2D eigenvalue weighted by Crippen LogP contribution is -3.08. The summed E-state index contributed by atoms with van der Waals surface area (Å²) in [6, 6.07) is 9.62. The van der Waals surface area contributed by atoms with Gasteiger partial charge in [-0.15, -0.1) is 0 Å². The molecule has 2 rings (SSSR count). The first-order valence-electron chi connectivity index (χ1n) is 8.70. The molecular weight excluding hydrogens is 370 g/mol. The number of halogens is 2. The van der Waals surface area contributed by atoms with Gasteiger partial charge in [-0.1, -0.05) is 0 Å². The van der Waals surface area contributed by atoms with Crippen molar-refractivity contribution in [3.05, 3.63) is 47.5 Å². The molecule has 1 atom stereocenters. The number of likely N-dealkylation sites (N-methyl/N-ethyl adjacent to an activating group) is 1. The normalized spacial score (nSPS) is 11.8. The van der Waals surface area contributed by atoms with Gasteiger partial charge in [0.05, 0.1) is 21.3 Å². The minimum absolute atomic E-state index is 0.0414. The molecule has 28 heavy (non-hydrogen) atoms. The summed E-state index contributed by atoms with van der Waals surface area (Å²) in [6.45, 7) is -0.0324. The van der Waals surface area contributed by atoms with Crippen molar-refractivity contribution in [1.82, 2.24) is 0 Å². The van der Waals surface area contributed by atoms with Crippen LogP contribution in [0.25, 0.3) is 0 Å². The Morgan fingerprint density at radius 2 is 1.71 bits per heavy atom. The van der Waals surface area contributed by atoms with E-state index >= 15 is 0 Å². The third-order valence-electron chi connectivity index (χ3n) is 4.16. The number of anilines is 1. The number of carbonyl (C=O) groups is 1. The molecule has 2 aromatic carbocycles. The molecule has 1 amide bonds. The number of hydrogen-bond acceptors (Lipinski definition) is 4. The fourth-order valence-electron chi connectivity index (χ4n) is 2.80. The van der Waals surface area contributed by atoms with E-state index in [2.05, 4.69) is 10.1 Å². The Morgan fingerprint density at radius 3 is 2.29 bits per heavy atom. The van der Waals surface area contributed by atoms with Crippen LogP contribution in [0.5, 0.6) is 17.2 Å². The quantitative estimate of drug-likeness (QED) is 0.684. The predicted octanol–water partition coefficient (Wildman–Crippen LogP) is 2.27. The molecule has 8 heteroatoms. The van der Waals surface area contributed by atoms with Crippen LogP contribution in [-0.4, -0.2) is 40.3 Å². The summed E-state index contributed by atoms with van der Waals surface area (Å²) >= 11 is 0. The van der Waals surface area contributed by atoms with Gasteiger partial charge in [0.2, 0.25) is 0 Å². The minimum atomic E-state index is -2.88. The Balaban J connectivity index is 1.94. The van der Waals surface area contributed by atoms with Crippen LogP contribution in [0.2, 0.25) is 0 Å². The zero-order valence-corrected chi connectivity index (χ0v) is 16.3. The SMILES string of the molecule is COc1cc(C)c(C[NH+](C)CC(=O)Nc2ccc(OC(F)F)cc2)cc1OC. The number of hydrogen-bond donors (Lipinski definition) is 2. The summed E-state index contributed by atoms with van der Waals surface area (Å²) in [5.41, 5.74) is 2.62. The summed E-state index contributed by atoms with van der Waals surface area (Å²) in [6.07, 6.45) is 0. The van der Waals surface area contributed by atoms with Gasteiger partial charge in [0.15, 0.2) is 18.0 Å². The average molecular weight is 395 g/mol. The highest BCUT2D eigenvalue weighted by atomic mass is 19.3. The van der Waals surface area contributed by atoms with Gasteiger partial charge >= 0.3 is 6.61 Å². The van der Waals surface area contributed by atoms with E-state index in [0.717, 1.165) is 16.0 Å². The zero-order chi connectivity index (χ0) is 20.7. The standard InChI is InChI=1S/C20H24F2N2O4/c1-13-9-17(26-3)18(27-4)10-14(13)11-24(2)12-19(25)23-15-5-7-16(8-6-15)28-20(21)22/h5-10,20H,11-12H2,1-4H3,(H,23,25)/p+1. The largest absolute Gasteiger partial charge is 0.493 e. The highest BCUT2D eigenvalue weighted by molar-refractivity contribution is 5.91. The first-order valence-corrected chi connectivity index (χ1v) is 8.70. The first-order chi connectivity index (χ1) is 13.3. The molecule has 6 nitrogen and oxygen atoms in total. The van der Waals surface area contributed by atoms with Crippen molar-refractivity contribution in [1.29, 1.82) is 0 Å². The molecule has 0 aliphatic carbocycles. The number of benzene rings is 2.